The van der Waals surface area contributed by atoms with Crippen LogP contribution < -0.4 is 0 Å². The van der Waals surface area contributed by atoms with Crippen LogP contribution in [0, 0.1) is 5.92 Å². The van der Waals surface area contributed by atoms with Crippen molar-refractivity contribution in [3.05, 3.63) is 12.2 Å². The van der Waals surface area contributed by atoms with Gasteiger partial charge < -0.3 is 9.47 Å². The summed E-state index contributed by atoms with van der Waals surface area (Å²) in [5.41, 5.74) is -0.187. The predicted molar refractivity (Wildman–Crippen MR) is 65.0 cm³/mol. The summed E-state index contributed by atoms with van der Waals surface area (Å²) in [5.74, 6) is -43.4. The first kappa shape index (κ1) is 23.0. The number of hydrogen-bond donors (Lipinski definition) is 0. The number of rotatable bonds is 5. The second kappa shape index (κ2) is 6.55. The molecule has 0 aromatic heterocycles. The fourth-order valence-electron chi connectivity index (χ4n) is 1.99. The quantitative estimate of drug-likeness (QED) is 0.296. The molecular formula is C13H10F10O4. The van der Waals surface area contributed by atoms with Crippen molar-refractivity contribution in [2.45, 2.75) is 36.5 Å². The average molecular weight is 420 g/mol. The van der Waals surface area contributed by atoms with Gasteiger partial charge in [-0.2, -0.15) is 43.9 Å². The van der Waals surface area contributed by atoms with Crippen molar-refractivity contribution in [2.75, 3.05) is 13.2 Å². The van der Waals surface area contributed by atoms with Crippen LogP contribution in [0.15, 0.2) is 12.2 Å². The van der Waals surface area contributed by atoms with E-state index in [2.05, 4.69) is 16.1 Å². The van der Waals surface area contributed by atoms with Gasteiger partial charge in [-0.05, 0) is 6.92 Å². The van der Waals surface area contributed by atoms with Crippen LogP contribution in [0.5, 0.6) is 0 Å². The number of esters is 2. The minimum atomic E-state index is -7.17. The van der Waals surface area contributed by atoms with Crippen molar-refractivity contribution in [1.82, 2.24) is 0 Å². The molecule has 1 rings (SSSR count). The zero-order chi connectivity index (χ0) is 21.6. The molecule has 1 saturated carbocycles. The molecule has 0 amide bonds. The van der Waals surface area contributed by atoms with E-state index in [9.17, 15) is 53.5 Å². The van der Waals surface area contributed by atoms with Gasteiger partial charge in [0.1, 0.15) is 13.2 Å². The molecule has 0 aromatic carbocycles. The molecule has 0 bridgehead atoms. The van der Waals surface area contributed by atoms with Crippen LogP contribution in [0.3, 0.4) is 0 Å². The molecule has 0 spiro atoms. The van der Waals surface area contributed by atoms with Crippen molar-refractivity contribution in [3.8, 4) is 0 Å². The summed E-state index contributed by atoms with van der Waals surface area (Å²) < 4.78 is 141. The Labute approximate surface area is 144 Å². The van der Waals surface area contributed by atoms with Crippen LogP contribution in [-0.2, 0) is 19.1 Å². The zero-order valence-corrected chi connectivity index (χ0v) is 13.1. The van der Waals surface area contributed by atoms with Crippen molar-refractivity contribution in [3.63, 3.8) is 0 Å². The standard InChI is InChI=1S/C13H10F10O4/c1-5(2)7(24)26-3-4-27-8(25)6-9(14,15)11(18,19)13(22,23)12(20,21)10(6,16)17/h6H,1,3-4H2,2H3. The summed E-state index contributed by atoms with van der Waals surface area (Å²) in [4.78, 5) is 22.3. The van der Waals surface area contributed by atoms with Crippen LogP contribution in [0.1, 0.15) is 6.92 Å². The zero-order valence-electron chi connectivity index (χ0n) is 13.1. The van der Waals surface area contributed by atoms with Gasteiger partial charge in [0.25, 0.3) is 0 Å². The Hall–Kier alpha value is -2.02. The van der Waals surface area contributed by atoms with E-state index in [0.29, 0.717) is 0 Å². The molecule has 0 saturated heterocycles. The molecule has 1 fully saturated rings. The lowest BCUT2D eigenvalue weighted by molar-refractivity contribution is -0.458. The largest absolute Gasteiger partial charge is 0.462 e. The van der Waals surface area contributed by atoms with Crippen molar-refractivity contribution < 1.29 is 63.0 Å². The molecule has 1 aliphatic carbocycles. The lowest BCUT2D eigenvalue weighted by Crippen LogP contribution is -2.78. The molecular weight excluding hydrogens is 410 g/mol. The van der Waals surface area contributed by atoms with Crippen LogP contribution in [0.4, 0.5) is 43.9 Å². The molecule has 0 radical (unpaired) electrons. The number of halogens is 10. The van der Waals surface area contributed by atoms with E-state index in [1.165, 1.54) is 0 Å². The van der Waals surface area contributed by atoms with Crippen molar-refractivity contribution >= 4 is 11.9 Å². The van der Waals surface area contributed by atoms with E-state index in [4.69, 9.17) is 0 Å². The van der Waals surface area contributed by atoms with Gasteiger partial charge in [0, 0.05) is 5.57 Å². The molecule has 0 N–H and O–H groups in total. The lowest BCUT2D eigenvalue weighted by Gasteiger charge is -2.48. The lowest BCUT2D eigenvalue weighted by atomic mass is 9.74. The summed E-state index contributed by atoms with van der Waals surface area (Å²) in [5, 5.41) is 0. The van der Waals surface area contributed by atoms with Gasteiger partial charge >= 0.3 is 41.6 Å². The number of alkyl halides is 10. The summed E-state index contributed by atoms with van der Waals surface area (Å²) in [7, 11) is 0. The SMILES string of the molecule is C=C(C)C(=O)OCCOC(=O)C1C(F)(F)C(F)(F)C(F)(F)C(F)(F)C1(F)F. The summed E-state index contributed by atoms with van der Waals surface area (Å²) in [6.45, 7) is 2.01. The summed E-state index contributed by atoms with van der Waals surface area (Å²) in [6, 6.07) is 0. The van der Waals surface area contributed by atoms with Gasteiger partial charge in [-0.15, -0.1) is 0 Å². The first-order valence-electron chi connectivity index (χ1n) is 6.75. The molecule has 0 aliphatic heterocycles. The Balaban J connectivity index is 3.12. The van der Waals surface area contributed by atoms with Crippen LogP contribution in [0.25, 0.3) is 0 Å². The summed E-state index contributed by atoms with van der Waals surface area (Å²) >= 11 is 0. The van der Waals surface area contributed by atoms with Crippen molar-refractivity contribution in [2.24, 2.45) is 5.92 Å². The second-order valence-electron chi connectivity index (χ2n) is 5.49. The Morgan fingerprint density at radius 1 is 0.778 bits per heavy atom. The number of hydrogen-bond acceptors (Lipinski definition) is 4. The first-order valence-corrected chi connectivity index (χ1v) is 6.75. The van der Waals surface area contributed by atoms with Gasteiger partial charge in [0.2, 0.25) is 0 Å². The Kier molecular flexibility index (Phi) is 5.58. The van der Waals surface area contributed by atoms with Crippen LogP contribution >= 0.6 is 0 Å². The van der Waals surface area contributed by atoms with E-state index in [1.807, 2.05) is 0 Å². The van der Waals surface area contributed by atoms with E-state index in [-0.39, 0.29) is 5.57 Å². The maximum absolute atomic E-state index is 13.5. The highest BCUT2D eigenvalue weighted by Gasteiger charge is 2.96. The fraction of sp³-hybridized carbons (Fsp3) is 0.692. The van der Waals surface area contributed by atoms with Gasteiger partial charge in [0.05, 0.1) is 0 Å². The highest BCUT2D eigenvalue weighted by molar-refractivity contribution is 5.86. The Morgan fingerprint density at radius 3 is 1.52 bits per heavy atom. The maximum Gasteiger partial charge on any atom is 0.384 e. The molecule has 0 heterocycles. The highest BCUT2D eigenvalue weighted by atomic mass is 19.4. The third kappa shape index (κ3) is 3.12. The summed E-state index contributed by atoms with van der Waals surface area (Å²) in [6.07, 6.45) is 0. The molecule has 0 unspecified atom stereocenters. The fourth-order valence-corrected chi connectivity index (χ4v) is 1.99. The number of carbonyl (C=O) groups excluding carboxylic acids is 2. The molecule has 27 heavy (non-hydrogen) atoms. The van der Waals surface area contributed by atoms with E-state index in [1.54, 1.807) is 0 Å². The molecule has 0 aromatic rings. The second-order valence-corrected chi connectivity index (χ2v) is 5.49. The topological polar surface area (TPSA) is 52.6 Å². The van der Waals surface area contributed by atoms with E-state index >= 15 is 0 Å². The molecule has 4 nitrogen and oxygen atoms in total. The third-order valence-corrected chi connectivity index (χ3v) is 3.50. The smallest absolute Gasteiger partial charge is 0.384 e. The Bertz CT molecular complexity index is 613. The normalized spacial score (nSPS) is 24.7. The molecule has 14 heteroatoms. The van der Waals surface area contributed by atoms with E-state index < -0.39 is 60.7 Å². The highest BCUT2D eigenvalue weighted by Crippen LogP contribution is 2.66. The van der Waals surface area contributed by atoms with Crippen molar-refractivity contribution in [1.29, 1.82) is 0 Å². The average Bonchev–Trinajstić information content (AvgIpc) is 2.48. The Morgan fingerprint density at radius 2 is 1.15 bits per heavy atom. The maximum atomic E-state index is 13.5. The third-order valence-electron chi connectivity index (χ3n) is 3.50. The number of ether oxygens (including phenoxy) is 2. The molecule has 0 atom stereocenters. The minimum Gasteiger partial charge on any atom is -0.462 e. The number of carbonyl (C=O) groups is 2. The minimum absolute atomic E-state index is 0.187. The van der Waals surface area contributed by atoms with Gasteiger partial charge in [-0.1, -0.05) is 6.58 Å². The van der Waals surface area contributed by atoms with Gasteiger partial charge in [-0.3, -0.25) is 4.79 Å². The van der Waals surface area contributed by atoms with Gasteiger partial charge in [-0.25, -0.2) is 4.79 Å². The predicted octanol–water partition coefficient (Wildman–Crippen LogP) is 3.46. The first-order chi connectivity index (χ1) is 11.9. The van der Waals surface area contributed by atoms with Crippen LogP contribution in [-0.4, -0.2) is 54.8 Å². The van der Waals surface area contributed by atoms with Gasteiger partial charge in [0.15, 0.2) is 5.92 Å². The molecule has 1 aliphatic rings. The monoisotopic (exact) mass is 420 g/mol. The van der Waals surface area contributed by atoms with Crippen LogP contribution in [0.2, 0.25) is 0 Å². The van der Waals surface area contributed by atoms with E-state index in [0.717, 1.165) is 6.92 Å². The molecule has 156 valence electrons.